The largest absolute Gasteiger partial charge is 0.468 e. The molecule has 2 unspecified atom stereocenters. The van der Waals surface area contributed by atoms with Crippen molar-refractivity contribution in [3.63, 3.8) is 0 Å². The summed E-state index contributed by atoms with van der Waals surface area (Å²) in [5.74, 6) is -0.164. The zero-order valence-corrected chi connectivity index (χ0v) is 12.0. The molecule has 2 atom stereocenters. The van der Waals surface area contributed by atoms with Gasteiger partial charge in [0.05, 0.1) is 13.2 Å². The molecule has 5 heteroatoms. The van der Waals surface area contributed by atoms with Gasteiger partial charge < -0.3 is 19.7 Å². The van der Waals surface area contributed by atoms with Gasteiger partial charge in [0.25, 0.3) is 0 Å². The minimum Gasteiger partial charge on any atom is -0.468 e. The van der Waals surface area contributed by atoms with Gasteiger partial charge in [-0.1, -0.05) is 6.92 Å². The van der Waals surface area contributed by atoms with Crippen LogP contribution in [0, 0.1) is 0 Å². The van der Waals surface area contributed by atoms with E-state index in [9.17, 15) is 4.79 Å². The average Bonchev–Trinajstić information content (AvgIpc) is 2.37. The molecule has 0 bridgehead atoms. The third-order valence-corrected chi connectivity index (χ3v) is 3.51. The van der Waals surface area contributed by atoms with Gasteiger partial charge in [0.2, 0.25) is 0 Å². The van der Waals surface area contributed by atoms with Crippen LogP contribution in [0.5, 0.6) is 0 Å². The fourth-order valence-corrected chi connectivity index (χ4v) is 2.34. The number of carbonyl (C=O) groups excluding carboxylic acids is 1. The molecule has 1 N–H and O–H groups in total. The van der Waals surface area contributed by atoms with Gasteiger partial charge in [0.15, 0.2) is 0 Å². The molecular weight excluding hydrogens is 232 g/mol. The summed E-state index contributed by atoms with van der Waals surface area (Å²) in [4.78, 5) is 14.2. The van der Waals surface area contributed by atoms with E-state index < -0.39 is 5.54 Å². The van der Waals surface area contributed by atoms with Crippen molar-refractivity contribution in [2.75, 3.05) is 40.9 Å². The predicted molar refractivity (Wildman–Crippen MR) is 70.6 cm³/mol. The summed E-state index contributed by atoms with van der Waals surface area (Å²) in [5, 5.41) is 3.39. The van der Waals surface area contributed by atoms with Crippen molar-refractivity contribution < 1.29 is 14.3 Å². The Kier molecular flexibility index (Phi) is 6.05. The second-order valence-corrected chi connectivity index (χ2v) is 5.16. The lowest BCUT2D eigenvalue weighted by atomic mass is 9.85. The molecular formula is C13H26N2O3. The molecule has 1 rings (SSSR count). The average molecular weight is 258 g/mol. The van der Waals surface area contributed by atoms with E-state index in [4.69, 9.17) is 9.47 Å². The Bertz CT molecular complexity index is 271. The number of ether oxygens (including phenoxy) is 2. The summed E-state index contributed by atoms with van der Waals surface area (Å²) in [6, 6.07) is 0. The van der Waals surface area contributed by atoms with E-state index in [0.717, 1.165) is 19.5 Å². The third kappa shape index (κ3) is 3.93. The van der Waals surface area contributed by atoms with E-state index in [1.165, 1.54) is 7.11 Å². The van der Waals surface area contributed by atoms with Crippen molar-refractivity contribution in [1.82, 2.24) is 10.2 Å². The number of nitrogens with zero attached hydrogens (tertiary/aromatic N) is 1. The van der Waals surface area contributed by atoms with E-state index in [1.54, 1.807) is 0 Å². The molecule has 0 saturated carbocycles. The van der Waals surface area contributed by atoms with Gasteiger partial charge in [-0.3, -0.25) is 4.79 Å². The summed E-state index contributed by atoms with van der Waals surface area (Å²) in [6.45, 7) is 4.37. The van der Waals surface area contributed by atoms with E-state index in [2.05, 4.69) is 17.1 Å². The maximum Gasteiger partial charge on any atom is 0.326 e. The number of hydrogen-bond donors (Lipinski definition) is 1. The molecule has 0 aromatic rings. The van der Waals surface area contributed by atoms with Crippen molar-refractivity contribution >= 4 is 5.97 Å². The minimum absolute atomic E-state index is 0.143. The van der Waals surface area contributed by atoms with Crippen molar-refractivity contribution in [2.45, 2.75) is 37.8 Å². The van der Waals surface area contributed by atoms with Crippen LogP contribution < -0.4 is 5.32 Å². The lowest BCUT2D eigenvalue weighted by Gasteiger charge is -2.39. The van der Waals surface area contributed by atoms with Gasteiger partial charge in [-0.05, 0) is 26.9 Å². The van der Waals surface area contributed by atoms with Crippen molar-refractivity contribution in [1.29, 1.82) is 0 Å². The highest BCUT2D eigenvalue weighted by molar-refractivity contribution is 5.81. The first kappa shape index (κ1) is 15.4. The molecule has 1 aliphatic heterocycles. The summed E-state index contributed by atoms with van der Waals surface area (Å²) >= 11 is 0. The molecule has 0 aliphatic carbocycles. The second kappa shape index (κ2) is 7.07. The molecule has 18 heavy (non-hydrogen) atoms. The molecule has 1 aliphatic rings. The molecule has 0 radical (unpaired) electrons. The molecule has 5 nitrogen and oxygen atoms in total. The first-order valence-corrected chi connectivity index (χ1v) is 6.64. The second-order valence-electron chi connectivity index (χ2n) is 5.16. The van der Waals surface area contributed by atoms with E-state index in [1.807, 2.05) is 14.1 Å². The summed E-state index contributed by atoms with van der Waals surface area (Å²) in [6.07, 6.45) is 2.45. The minimum atomic E-state index is -0.566. The van der Waals surface area contributed by atoms with Crippen LogP contribution in [-0.2, 0) is 14.3 Å². The van der Waals surface area contributed by atoms with Crippen LogP contribution in [0.25, 0.3) is 0 Å². The lowest BCUT2D eigenvalue weighted by Crippen LogP contribution is -2.58. The Morgan fingerprint density at radius 1 is 1.56 bits per heavy atom. The van der Waals surface area contributed by atoms with Crippen molar-refractivity contribution in [2.24, 2.45) is 0 Å². The van der Waals surface area contributed by atoms with E-state index in [0.29, 0.717) is 19.4 Å². The number of likely N-dealkylation sites (N-methyl/N-ethyl adjacent to an activating group) is 1. The molecule has 1 fully saturated rings. The van der Waals surface area contributed by atoms with Crippen molar-refractivity contribution in [3.05, 3.63) is 0 Å². The summed E-state index contributed by atoms with van der Waals surface area (Å²) in [5.41, 5.74) is -0.566. The molecule has 0 aromatic carbocycles. The van der Waals surface area contributed by atoms with Gasteiger partial charge in [-0.25, -0.2) is 0 Å². The first-order valence-electron chi connectivity index (χ1n) is 6.64. The van der Waals surface area contributed by atoms with E-state index >= 15 is 0 Å². The monoisotopic (exact) mass is 258 g/mol. The van der Waals surface area contributed by atoms with Gasteiger partial charge in [0.1, 0.15) is 5.54 Å². The van der Waals surface area contributed by atoms with Crippen LogP contribution in [0.15, 0.2) is 0 Å². The smallest absolute Gasteiger partial charge is 0.326 e. The fraction of sp³-hybridized carbons (Fsp3) is 0.923. The summed E-state index contributed by atoms with van der Waals surface area (Å²) < 4.78 is 10.6. The quantitative estimate of drug-likeness (QED) is 0.709. The van der Waals surface area contributed by atoms with Crippen LogP contribution in [0.1, 0.15) is 26.2 Å². The molecule has 0 spiro atoms. The Morgan fingerprint density at radius 3 is 2.83 bits per heavy atom. The van der Waals surface area contributed by atoms with Gasteiger partial charge in [0, 0.05) is 26.1 Å². The standard InChI is InChI=1S/C13H26N2O3/c1-5-11-10-13(6-9-18-11,12(16)17-4)14-7-8-15(2)3/h11,14H,5-10H2,1-4H3. The van der Waals surface area contributed by atoms with Gasteiger partial charge >= 0.3 is 5.97 Å². The number of carbonyl (C=O) groups is 1. The van der Waals surface area contributed by atoms with Crippen LogP contribution in [0.2, 0.25) is 0 Å². The maximum atomic E-state index is 12.1. The summed E-state index contributed by atoms with van der Waals surface area (Å²) in [7, 11) is 5.49. The Balaban J connectivity index is 2.66. The van der Waals surface area contributed by atoms with Crippen LogP contribution in [0.4, 0.5) is 0 Å². The Morgan fingerprint density at radius 2 is 2.28 bits per heavy atom. The highest BCUT2D eigenvalue weighted by Crippen LogP contribution is 2.27. The number of methoxy groups -OCH3 is 1. The molecule has 0 amide bonds. The zero-order chi connectivity index (χ0) is 13.6. The SMILES string of the molecule is CCC1CC(NCCN(C)C)(C(=O)OC)CCO1. The number of nitrogens with one attached hydrogen (secondary N) is 1. The highest BCUT2D eigenvalue weighted by atomic mass is 16.5. The number of rotatable bonds is 6. The van der Waals surface area contributed by atoms with E-state index in [-0.39, 0.29) is 12.1 Å². The predicted octanol–water partition coefficient (Wildman–Crippen LogP) is 0.638. The Labute approximate surface area is 110 Å². The third-order valence-electron chi connectivity index (χ3n) is 3.51. The number of hydrogen-bond acceptors (Lipinski definition) is 5. The lowest BCUT2D eigenvalue weighted by molar-refractivity contribution is -0.156. The van der Waals surface area contributed by atoms with Gasteiger partial charge in [-0.15, -0.1) is 0 Å². The molecule has 1 saturated heterocycles. The highest BCUT2D eigenvalue weighted by Gasteiger charge is 2.43. The Hall–Kier alpha value is -0.650. The normalized spacial score (nSPS) is 28.4. The molecule has 0 aromatic heterocycles. The van der Waals surface area contributed by atoms with Gasteiger partial charge in [-0.2, -0.15) is 0 Å². The fourth-order valence-electron chi connectivity index (χ4n) is 2.34. The zero-order valence-electron chi connectivity index (χ0n) is 12.0. The van der Waals surface area contributed by atoms with Crippen molar-refractivity contribution in [3.8, 4) is 0 Å². The van der Waals surface area contributed by atoms with Crippen LogP contribution in [0.3, 0.4) is 0 Å². The maximum absolute atomic E-state index is 12.1. The molecule has 106 valence electrons. The first-order chi connectivity index (χ1) is 8.54. The molecule has 1 heterocycles. The number of esters is 1. The van der Waals surface area contributed by atoms with Crippen LogP contribution >= 0.6 is 0 Å². The topological polar surface area (TPSA) is 50.8 Å². The van der Waals surface area contributed by atoms with Crippen LogP contribution in [-0.4, -0.2) is 63.4 Å².